The number of aromatic nitrogens is 1. The standard InChI is InChI=1S/C15H22N2/c1-11(2)12(9-16)8-13-10-17(3)15-7-5-4-6-14(13)15/h4-7,10-12H,8-9,16H2,1-3H3. The van der Waals surface area contributed by atoms with E-state index in [0.717, 1.165) is 13.0 Å². The van der Waals surface area contributed by atoms with Crippen LogP contribution < -0.4 is 5.73 Å². The number of hydrogen-bond acceptors (Lipinski definition) is 1. The minimum atomic E-state index is 0.570. The molecule has 0 aliphatic carbocycles. The van der Waals surface area contributed by atoms with Crippen LogP contribution in [0.2, 0.25) is 0 Å². The average Bonchev–Trinajstić information content (AvgIpc) is 2.63. The molecule has 1 heterocycles. The Kier molecular flexibility index (Phi) is 3.53. The second-order valence-electron chi connectivity index (χ2n) is 5.23. The zero-order chi connectivity index (χ0) is 12.4. The van der Waals surface area contributed by atoms with Gasteiger partial charge < -0.3 is 10.3 Å². The van der Waals surface area contributed by atoms with Crippen molar-refractivity contribution in [3.63, 3.8) is 0 Å². The summed E-state index contributed by atoms with van der Waals surface area (Å²) >= 11 is 0. The molecular weight excluding hydrogens is 208 g/mol. The van der Waals surface area contributed by atoms with Gasteiger partial charge >= 0.3 is 0 Å². The molecule has 2 aromatic rings. The lowest BCUT2D eigenvalue weighted by Gasteiger charge is -2.18. The first-order valence-electron chi connectivity index (χ1n) is 6.36. The van der Waals surface area contributed by atoms with Gasteiger partial charge in [0, 0.05) is 24.1 Å². The van der Waals surface area contributed by atoms with Crippen molar-refractivity contribution in [3.8, 4) is 0 Å². The molecule has 0 aliphatic rings. The maximum atomic E-state index is 5.87. The van der Waals surface area contributed by atoms with E-state index in [0.29, 0.717) is 11.8 Å². The Morgan fingerprint density at radius 2 is 1.94 bits per heavy atom. The molecule has 0 amide bonds. The Morgan fingerprint density at radius 3 is 2.59 bits per heavy atom. The lowest BCUT2D eigenvalue weighted by atomic mass is 9.89. The summed E-state index contributed by atoms with van der Waals surface area (Å²) in [5.74, 6) is 1.21. The third-order valence-corrected chi connectivity index (χ3v) is 3.71. The van der Waals surface area contributed by atoms with E-state index in [1.807, 2.05) is 0 Å². The van der Waals surface area contributed by atoms with Gasteiger partial charge in [-0.2, -0.15) is 0 Å². The van der Waals surface area contributed by atoms with Crippen molar-refractivity contribution in [1.82, 2.24) is 4.57 Å². The molecule has 2 rings (SSSR count). The summed E-state index contributed by atoms with van der Waals surface area (Å²) in [5, 5.41) is 1.37. The molecule has 0 bridgehead atoms. The summed E-state index contributed by atoms with van der Waals surface area (Å²) in [4.78, 5) is 0. The van der Waals surface area contributed by atoms with E-state index in [1.54, 1.807) is 0 Å². The van der Waals surface area contributed by atoms with Gasteiger partial charge in [-0.05, 0) is 36.4 Å². The molecule has 0 saturated carbocycles. The van der Waals surface area contributed by atoms with Crippen LogP contribution in [-0.2, 0) is 13.5 Å². The van der Waals surface area contributed by atoms with Crippen LogP contribution in [-0.4, -0.2) is 11.1 Å². The average molecular weight is 230 g/mol. The van der Waals surface area contributed by atoms with Crippen molar-refractivity contribution in [3.05, 3.63) is 36.0 Å². The third-order valence-electron chi connectivity index (χ3n) is 3.71. The number of rotatable bonds is 4. The minimum absolute atomic E-state index is 0.570. The van der Waals surface area contributed by atoms with Gasteiger partial charge in [-0.3, -0.25) is 0 Å². The Bertz CT molecular complexity index is 497. The summed E-state index contributed by atoms with van der Waals surface area (Å²) in [5.41, 5.74) is 8.60. The van der Waals surface area contributed by atoms with Gasteiger partial charge in [0.05, 0.1) is 0 Å². The van der Waals surface area contributed by atoms with Gasteiger partial charge in [0.2, 0.25) is 0 Å². The molecule has 0 fully saturated rings. The number of hydrogen-bond donors (Lipinski definition) is 1. The second kappa shape index (κ2) is 4.92. The second-order valence-corrected chi connectivity index (χ2v) is 5.23. The lowest BCUT2D eigenvalue weighted by Crippen LogP contribution is -2.22. The molecular formula is C15H22N2. The Hall–Kier alpha value is -1.28. The first-order chi connectivity index (χ1) is 8.13. The topological polar surface area (TPSA) is 30.9 Å². The number of benzene rings is 1. The van der Waals surface area contributed by atoms with E-state index in [1.165, 1.54) is 16.5 Å². The molecule has 1 atom stereocenters. The van der Waals surface area contributed by atoms with Gasteiger partial charge in [0.15, 0.2) is 0 Å². The summed E-state index contributed by atoms with van der Waals surface area (Å²) in [7, 11) is 2.11. The van der Waals surface area contributed by atoms with E-state index in [4.69, 9.17) is 5.73 Å². The van der Waals surface area contributed by atoms with Crippen molar-refractivity contribution < 1.29 is 0 Å². The summed E-state index contributed by atoms with van der Waals surface area (Å²) in [6, 6.07) is 8.58. The molecule has 2 heteroatoms. The molecule has 0 aliphatic heterocycles. The normalized spacial score (nSPS) is 13.5. The van der Waals surface area contributed by atoms with Crippen LogP contribution in [0.4, 0.5) is 0 Å². The maximum Gasteiger partial charge on any atom is 0.0480 e. The molecule has 92 valence electrons. The Balaban J connectivity index is 2.36. The van der Waals surface area contributed by atoms with E-state index >= 15 is 0 Å². The zero-order valence-corrected chi connectivity index (χ0v) is 11.0. The van der Waals surface area contributed by atoms with Crippen LogP contribution in [0.1, 0.15) is 19.4 Å². The van der Waals surface area contributed by atoms with Crippen LogP contribution in [0.15, 0.2) is 30.5 Å². The van der Waals surface area contributed by atoms with Crippen molar-refractivity contribution >= 4 is 10.9 Å². The molecule has 0 saturated heterocycles. The minimum Gasteiger partial charge on any atom is -0.350 e. The molecule has 0 spiro atoms. The highest BCUT2D eigenvalue weighted by Gasteiger charge is 2.15. The first kappa shape index (κ1) is 12.2. The first-order valence-corrected chi connectivity index (χ1v) is 6.36. The summed E-state index contributed by atoms with van der Waals surface area (Å²) in [6.45, 7) is 5.27. The zero-order valence-electron chi connectivity index (χ0n) is 11.0. The number of para-hydroxylation sites is 1. The molecule has 0 radical (unpaired) electrons. The summed E-state index contributed by atoms with van der Waals surface area (Å²) < 4.78 is 2.21. The predicted molar refractivity (Wildman–Crippen MR) is 74.0 cm³/mol. The van der Waals surface area contributed by atoms with E-state index in [9.17, 15) is 0 Å². The summed E-state index contributed by atoms with van der Waals surface area (Å²) in [6.07, 6.45) is 3.32. The van der Waals surface area contributed by atoms with Gasteiger partial charge in [0.25, 0.3) is 0 Å². The third kappa shape index (κ3) is 2.37. The highest BCUT2D eigenvalue weighted by Crippen LogP contribution is 2.24. The highest BCUT2D eigenvalue weighted by atomic mass is 14.9. The van der Waals surface area contributed by atoms with E-state index < -0.39 is 0 Å². The number of nitrogens with two attached hydrogens (primary N) is 1. The Labute approximate surface area is 103 Å². The van der Waals surface area contributed by atoms with Crippen molar-refractivity contribution in [2.45, 2.75) is 20.3 Å². The Morgan fingerprint density at radius 1 is 1.24 bits per heavy atom. The smallest absolute Gasteiger partial charge is 0.0480 e. The van der Waals surface area contributed by atoms with Gasteiger partial charge in [-0.15, -0.1) is 0 Å². The highest BCUT2D eigenvalue weighted by molar-refractivity contribution is 5.83. The number of fused-ring (bicyclic) bond motifs is 1. The molecule has 1 unspecified atom stereocenters. The van der Waals surface area contributed by atoms with E-state index in [-0.39, 0.29) is 0 Å². The largest absolute Gasteiger partial charge is 0.350 e. The maximum absolute atomic E-state index is 5.87. The van der Waals surface area contributed by atoms with Gasteiger partial charge in [-0.25, -0.2) is 0 Å². The fraction of sp³-hybridized carbons (Fsp3) is 0.467. The monoisotopic (exact) mass is 230 g/mol. The molecule has 17 heavy (non-hydrogen) atoms. The number of nitrogens with zero attached hydrogens (tertiary/aromatic N) is 1. The van der Waals surface area contributed by atoms with Gasteiger partial charge in [0.1, 0.15) is 0 Å². The molecule has 2 nitrogen and oxygen atoms in total. The van der Waals surface area contributed by atoms with Crippen LogP contribution in [0, 0.1) is 11.8 Å². The van der Waals surface area contributed by atoms with Crippen molar-refractivity contribution in [2.24, 2.45) is 24.6 Å². The fourth-order valence-electron chi connectivity index (χ4n) is 2.46. The van der Waals surface area contributed by atoms with E-state index in [2.05, 4.69) is 55.9 Å². The van der Waals surface area contributed by atoms with Crippen LogP contribution in [0.25, 0.3) is 10.9 Å². The SMILES string of the molecule is CC(C)C(CN)Cc1cn(C)c2ccccc12. The molecule has 1 aromatic carbocycles. The fourth-order valence-corrected chi connectivity index (χ4v) is 2.46. The molecule has 2 N–H and O–H groups in total. The van der Waals surface area contributed by atoms with Crippen LogP contribution >= 0.6 is 0 Å². The predicted octanol–water partition coefficient (Wildman–Crippen LogP) is 2.95. The molecule has 1 aromatic heterocycles. The van der Waals surface area contributed by atoms with Crippen LogP contribution in [0.5, 0.6) is 0 Å². The quantitative estimate of drug-likeness (QED) is 0.860. The van der Waals surface area contributed by atoms with Crippen LogP contribution in [0.3, 0.4) is 0 Å². The number of aryl methyl sites for hydroxylation is 1. The van der Waals surface area contributed by atoms with Crippen molar-refractivity contribution in [2.75, 3.05) is 6.54 Å². The van der Waals surface area contributed by atoms with Gasteiger partial charge in [-0.1, -0.05) is 32.0 Å². The lowest BCUT2D eigenvalue weighted by molar-refractivity contribution is 0.392. The van der Waals surface area contributed by atoms with Crippen molar-refractivity contribution in [1.29, 1.82) is 0 Å².